The molecule has 0 saturated heterocycles. The topological polar surface area (TPSA) is 62.3 Å². The Morgan fingerprint density at radius 2 is 1.90 bits per heavy atom. The number of aromatic nitrogens is 2. The van der Waals surface area contributed by atoms with Crippen LogP contribution in [0.2, 0.25) is 0 Å². The van der Waals surface area contributed by atoms with Crippen LogP contribution in [0.1, 0.15) is 33.1 Å². The largest absolute Gasteiger partial charge is 0.388 e. The molecule has 0 aliphatic rings. The normalized spacial score (nSPS) is 11.3. The van der Waals surface area contributed by atoms with Gasteiger partial charge in [0.05, 0.1) is 0 Å². The Balaban J connectivity index is 0. The SMILES string of the molecule is C=CCC/C=C/C=C/C(=C\C=C/C)Nc1nccc(NC)n1.CCCN(C)C.COC. The summed E-state index contributed by atoms with van der Waals surface area (Å²) in [5.41, 5.74) is 0.916. The summed E-state index contributed by atoms with van der Waals surface area (Å²) >= 11 is 0. The quantitative estimate of drug-likeness (QED) is 0.268. The van der Waals surface area contributed by atoms with E-state index in [1.54, 1.807) is 20.4 Å². The Kier molecular flexibility index (Phi) is 23.2. The van der Waals surface area contributed by atoms with Crippen LogP contribution in [-0.4, -0.2) is 56.8 Å². The Hall–Kier alpha value is -2.70. The van der Waals surface area contributed by atoms with Crippen molar-refractivity contribution in [1.82, 2.24) is 14.9 Å². The van der Waals surface area contributed by atoms with Crippen molar-refractivity contribution >= 4 is 11.8 Å². The predicted octanol–water partition coefficient (Wildman–Crippen LogP) is 5.69. The molecule has 0 fully saturated rings. The van der Waals surface area contributed by atoms with Crippen molar-refractivity contribution in [3.05, 3.63) is 73.1 Å². The molecule has 1 aromatic rings. The summed E-state index contributed by atoms with van der Waals surface area (Å²) in [6, 6.07) is 1.82. The standard InChI is InChI=1S/C18H24N4.C5H13N.C2H6O/c1-4-6-8-9-10-11-13-16(12-7-5-2)21-18-20-15-14-17(19-3)22-18;1-4-5-6(2)3;1-3-2/h4-5,7,9-15H,1,6,8H2,2-3H3,(H2,19,20,21,22);4-5H2,1-3H3;1-2H3/b7-5-,10-9+,13-11+,16-12+;;. The van der Waals surface area contributed by atoms with Crippen LogP contribution in [-0.2, 0) is 4.74 Å². The van der Waals surface area contributed by atoms with Gasteiger partial charge in [0.25, 0.3) is 0 Å². The van der Waals surface area contributed by atoms with Gasteiger partial charge in [-0.15, -0.1) is 6.58 Å². The number of hydrogen-bond acceptors (Lipinski definition) is 6. The molecule has 0 radical (unpaired) electrons. The lowest BCUT2D eigenvalue weighted by Gasteiger charge is -2.06. The van der Waals surface area contributed by atoms with Crippen LogP contribution in [0.5, 0.6) is 0 Å². The fraction of sp³-hybridized carbons (Fsp3) is 0.440. The van der Waals surface area contributed by atoms with Crippen LogP contribution in [0.15, 0.2) is 73.1 Å². The molecule has 2 N–H and O–H groups in total. The third-order valence-electron chi connectivity index (χ3n) is 3.37. The lowest BCUT2D eigenvalue weighted by atomic mass is 10.2. The van der Waals surface area contributed by atoms with Crippen LogP contribution in [0, 0.1) is 0 Å². The van der Waals surface area contributed by atoms with Crippen LogP contribution >= 0.6 is 0 Å². The Morgan fingerprint density at radius 3 is 2.42 bits per heavy atom. The minimum atomic E-state index is 0.558. The Morgan fingerprint density at radius 1 is 1.19 bits per heavy atom. The van der Waals surface area contributed by atoms with E-state index in [1.165, 1.54) is 13.0 Å². The first-order valence-electron chi connectivity index (χ1n) is 10.6. The van der Waals surface area contributed by atoms with E-state index in [0.29, 0.717) is 5.95 Å². The summed E-state index contributed by atoms with van der Waals surface area (Å²) in [6.45, 7) is 9.07. The van der Waals surface area contributed by atoms with E-state index in [2.05, 4.69) is 63.9 Å². The van der Waals surface area contributed by atoms with Gasteiger partial charge in [-0.05, 0) is 65.0 Å². The highest BCUT2D eigenvalue weighted by atomic mass is 16.4. The second-order valence-corrected chi connectivity index (χ2v) is 6.65. The molecule has 0 saturated carbocycles. The Bertz CT molecular complexity index is 664. The van der Waals surface area contributed by atoms with Gasteiger partial charge in [-0.3, -0.25) is 0 Å². The van der Waals surface area contributed by atoms with E-state index in [0.717, 1.165) is 24.4 Å². The molecule has 6 heteroatoms. The first-order valence-corrected chi connectivity index (χ1v) is 10.6. The van der Waals surface area contributed by atoms with Crippen molar-refractivity contribution in [1.29, 1.82) is 0 Å². The van der Waals surface area contributed by atoms with Gasteiger partial charge in [-0.1, -0.05) is 43.4 Å². The van der Waals surface area contributed by atoms with E-state index in [-0.39, 0.29) is 0 Å². The maximum Gasteiger partial charge on any atom is 0.229 e. The third kappa shape index (κ3) is 21.8. The molecule has 0 aliphatic heterocycles. The Labute approximate surface area is 190 Å². The molecule has 0 unspecified atom stereocenters. The molecule has 1 heterocycles. The fourth-order valence-electron chi connectivity index (χ4n) is 2.02. The molecular weight excluding hydrogens is 386 g/mol. The molecule has 0 amide bonds. The lowest BCUT2D eigenvalue weighted by Crippen LogP contribution is -2.11. The van der Waals surface area contributed by atoms with Gasteiger partial charge < -0.3 is 20.3 Å². The lowest BCUT2D eigenvalue weighted by molar-refractivity contribution is 0.277. The monoisotopic (exact) mass is 429 g/mol. The molecule has 0 aromatic carbocycles. The molecule has 1 rings (SSSR count). The fourth-order valence-corrected chi connectivity index (χ4v) is 2.02. The van der Waals surface area contributed by atoms with Crippen molar-refractivity contribution in [2.45, 2.75) is 33.1 Å². The van der Waals surface area contributed by atoms with Crippen LogP contribution in [0.3, 0.4) is 0 Å². The summed E-state index contributed by atoms with van der Waals surface area (Å²) in [4.78, 5) is 10.7. The predicted molar refractivity (Wildman–Crippen MR) is 138 cm³/mol. The minimum Gasteiger partial charge on any atom is -0.388 e. The second kappa shape index (κ2) is 23.6. The van der Waals surface area contributed by atoms with Gasteiger partial charge in [0.2, 0.25) is 5.95 Å². The molecule has 6 nitrogen and oxygen atoms in total. The number of rotatable bonds is 11. The molecule has 0 bridgehead atoms. The van der Waals surface area contributed by atoms with Gasteiger partial charge >= 0.3 is 0 Å². The summed E-state index contributed by atoms with van der Waals surface area (Å²) in [5.74, 6) is 1.33. The van der Waals surface area contributed by atoms with Crippen LogP contribution < -0.4 is 10.6 Å². The van der Waals surface area contributed by atoms with E-state index in [1.807, 2.05) is 62.6 Å². The molecule has 0 aliphatic carbocycles. The summed E-state index contributed by atoms with van der Waals surface area (Å²) in [6.07, 6.45) is 20.9. The number of unbranched alkanes of at least 4 members (excludes halogenated alkanes) is 1. The molecule has 1 aromatic heterocycles. The van der Waals surface area contributed by atoms with E-state index in [4.69, 9.17) is 0 Å². The first-order chi connectivity index (χ1) is 15.0. The van der Waals surface area contributed by atoms with Crippen molar-refractivity contribution in [3.63, 3.8) is 0 Å². The number of hydrogen-bond donors (Lipinski definition) is 2. The van der Waals surface area contributed by atoms with Crippen LogP contribution in [0.4, 0.5) is 11.8 Å². The van der Waals surface area contributed by atoms with Crippen molar-refractivity contribution in [3.8, 4) is 0 Å². The van der Waals surface area contributed by atoms with Gasteiger partial charge in [0, 0.05) is 33.2 Å². The average Bonchev–Trinajstić information content (AvgIpc) is 2.75. The van der Waals surface area contributed by atoms with Crippen molar-refractivity contribution in [2.24, 2.45) is 0 Å². The molecule has 0 atom stereocenters. The first kappa shape index (κ1) is 30.5. The number of methoxy groups -OCH3 is 1. The van der Waals surface area contributed by atoms with Crippen molar-refractivity contribution in [2.75, 3.05) is 52.5 Å². The van der Waals surface area contributed by atoms with Gasteiger partial charge in [-0.25, -0.2) is 4.98 Å². The number of allylic oxidation sites excluding steroid dienone is 8. The zero-order chi connectivity index (χ0) is 23.7. The maximum atomic E-state index is 4.35. The molecular formula is C25H43N5O. The third-order valence-corrected chi connectivity index (χ3v) is 3.37. The highest BCUT2D eigenvalue weighted by Crippen LogP contribution is 2.08. The summed E-state index contributed by atoms with van der Waals surface area (Å²) in [5, 5.41) is 6.20. The zero-order valence-corrected chi connectivity index (χ0v) is 20.6. The average molecular weight is 430 g/mol. The van der Waals surface area contributed by atoms with Gasteiger partial charge in [0.1, 0.15) is 5.82 Å². The van der Waals surface area contributed by atoms with Crippen molar-refractivity contribution < 1.29 is 4.74 Å². The highest BCUT2D eigenvalue weighted by molar-refractivity contribution is 5.46. The number of anilines is 2. The number of nitrogens with one attached hydrogen (secondary N) is 2. The van der Waals surface area contributed by atoms with Gasteiger partial charge in [0.15, 0.2) is 0 Å². The summed E-state index contributed by atoms with van der Waals surface area (Å²) < 4.78 is 4.25. The zero-order valence-electron chi connectivity index (χ0n) is 20.6. The smallest absolute Gasteiger partial charge is 0.229 e. The molecule has 0 spiro atoms. The van der Waals surface area contributed by atoms with E-state index < -0.39 is 0 Å². The highest BCUT2D eigenvalue weighted by Gasteiger charge is 1.98. The van der Waals surface area contributed by atoms with Gasteiger partial charge in [-0.2, -0.15) is 4.98 Å². The number of ether oxygens (including phenoxy) is 1. The van der Waals surface area contributed by atoms with E-state index >= 15 is 0 Å². The minimum absolute atomic E-state index is 0.558. The molecule has 174 valence electrons. The van der Waals surface area contributed by atoms with E-state index in [9.17, 15) is 0 Å². The molecule has 31 heavy (non-hydrogen) atoms. The summed E-state index contributed by atoms with van der Waals surface area (Å²) in [7, 11) is 9.25. The maximum absolute atomic E-state index is 4.35. The number of nitrogens with zero attached hydrogens (tertiary/aromatic N) is 3. The van der Waals surface area contributed by atoms with Crippen LogP contribution in [0.25, 0.3) is 0 Å². The second-order valence-electron chi connectivity index (χ2n) is 6.65.